The van der Waals surface area contributed by atoms with Crippen molar-refractivity contribution in [1.82, 2.24) is 5.32 Å². The van der Waals surface area contributed by atoms with E-state index in [9.17, 15) is 18.5 Å². The summed E-state index contributed by atoms with van der Waals surface area (Å²) in [6, 6.07) is 15.4. The SMILES string of the molecule is O=C(NCc1ccc(F)cc1)c1ccc2c(c1)C(=O)C(Cc1ccc(Cl)c(Cl)c1)[S+]([O-])N2. The van der Waals surface area contributed by atoms with Gasteiger partial charge in [-0.1, -0.05) is 41.4 Å². The third kappa shape index (κ3) is 4.91. The minimum atomic E-state index is -1.64. The first-order valence-electron chi connectivity index (χ1n) is 9.64. The molecule has 0 fully saturated rings. The van der Waals surface area contributed by atoms with Crippen molar-refractivity contribution in [1.29, 1.82) is 0 Å². The van der Waals surface area contributed by atoms with Crippen LogP contribution in [0.5, 0.6) is 0 Å². The van der Waals surface area contributed by atoms with Crippen molar-refractivity contribution in [2.24, 2.45) is 0 Å². The summed E-state index contributed by atoms with van der Waals surface area (Å²) in [6.07, 6.45) is 0.204. The lowest BCUT2D eigenvalue weighted by atomic mass is 9.98. The maximum Gasteiger partial charge on any atom is 0.251 e. The highest BCUT2D eigenvalue weighted by Crippen LogP contribution is 2.31. The van der Waals surface area contributed by atoms with Crippen molar-refractivity contribution in [3.8, 4) is 0 Å². The number of Topliss-reactive ketones (excluding diaryl/α,β-unsaturated/α-hetero) is 1. The Labute approximate surface area is 197 Å². The number of hydrogen-bond acceptors (Lipinski definition) is 4. The van der Waals surface area contributed by atoms with E-state index in [4.69, 9.17) is 23.2 Å². The second kappa shape index (κ2) is 9.50. The van der Waals surface area contributed by atoms with E-state index in [1.807, 2.05) is 0 Å². The van der Waals surface area contributed by atoms with Gasteiger partial charge >= 0.3 is 0 Å². The highest BCUT2D eigenvalue weighted by Gasteiger charge is 2.39. The maximum absolute atomic E-state index is 13.1. The molecule has 0 aromatic heterocycles. The molecule has 0 spiro atoms. The van der Waals surface area contributed by atoms with Gasteiger partial charge in [0.25, 0.3) is 5.91 Å². The number of ketones is 1. The van der Waals surface area contributed by atoms with E-state index in [-0.39, 0.29) is 30.5 Å². The number of nitrogens with one attached hydrogen (secondary N) is 2. The predicted molar refractivity (Wildman–Crippen MR) is 124 cm³/mol. The third-order valence-electron chi connectivity index (χ3n) is 5.08. The topological polar surface area (TPSA) is 81.3 Å². The number of fused-ring (bicyclic) bond motifs is 1. The van der Waals surface area contributed by atoms with Gasteiger partial charge in [-0.2, -0.15) is 0 Å². The fraction of sp³-hybridized carbons (Fsp3) is 0.130. The molecule has 1 amide bonds. The lowest BCUT2D eigenvalue weighted by molar-refractivity contribution is 0.0951. The number of hydrogen-bond donors (Lipinski definition) is 2. The first-order valence-corrected chi connectivity index (χ1v) is 11.6. The van der Waals surface area contributed by atoms with Crippen LogP contribution in [0.3, 0.4) is 0 Å². The number of benzene rings is 3. The Bertz CT molecular complexity index is 1190. The molecular formula is C23H17Cl2FN2O3S. The molecule has 4 rings (SSSR count). The molecule has 1 heterocycles. The van der Waals surface area contributed by atoms with Crippen LogP contribution >= 0.6 is 23.2 Å². The molecule has 3 aromatic rings. The zero-order valence-corrected chi connectivity index (χ0v) is 18.9. The summed E-state index contributed by atoms with van der Waals surface area (Å²) in [6.45, 7) is 0.215. The monoisotopic (exact) mass is 490 g/mol. The summed E-state index contributed by atoms with van der Waals surface area (Å²) in [5.74, 6) is -1.05. The molecule has 2 N–H and O–H groups in total. The Kier molecular flexibility index (Phi) is 6.71. The van der Waals surface area contributed by atoms with Gasteiger partial charge in [-0.25, -0.2) is 9.11 Å². The summed E-state index contributed by atoms with van der Waals surface area (Å²) in [4.78, 5) is 25.7. The van der Waals surface area contributed by atoms with E-state index >= 15 is 0 Å². The Morgan fingerprint density at radius 2 is 1.75 bits per heavy atom. The van der Waals surface area contributed by atoms with Gasteiger partial charge in [-0.15, -0.1) is 0 Å². The van der Waals surface area contributed by atoms with E-state index in [0.717, 1.165) is 11.1 Å². The molecule has 0 radical (unpaired) electrons. The van der Waals surface area contributed by atoms with Gasteiger partial charge in [-0.3, -0.25) is 9.59 Å². The van der Waals surface area contributed by atoms with Gasteiger partial charge in [0, 0.05) is 18.5 Å². The van der Waals surface area contributed by atoms with Gasteiger partial charge in [0.2, 0.25) is 11.0 Å². The van der Waals surface area contributed by atoms with E-state index < -0.39 is 16.6 Å². The summed E-state index contributed by atoms with van der Waals surface area (Å²) in [5, 5.41) is 2.66. The number of halogens is 3. The first kappa shape index (κ1) is 22.6. The molecular weight excluding hydrogens is 474 g/mol. The number of rotatable bonds is 5. The molecule has 2 atom stereocenters. The number of amides is 1. The Hall–Kier alpha value is -2.58. The summed E-state index contributed by atoms with van der Waals surface area (Å²) < 4.78 is 28.5. The van der Waals surface area contributed by atoms with Gasteiger partial charge in [0.15, 0.2) is 0 Å². The van der Waals surface area contributed by atoms with Crippen LogP contribution in [0.1, 0.15) is 31.8 Å². The van der Waals surface area contributed by atoms with Gasteiger partial charge in [0.05, 0.1) is 32.7 Å². The van der Waals surface area contributed by atoms with Crippen LogP contribution < -0.4 is 10.0 Å². The first-order chi connectivity index (χ1) is 15.3. The van der Waals surface area contributed by atoms with E-state index in [1.54, 1.807) is 42.5 Å². The molecule has 5 nitrogen and oxygen atoms in total. The van der Waals surface area contributed by atoms with Crippen LogP contribution in [0.4, 0.5) is 10.1 Å². The molecule has 3 aromatic carbocycles. The lowest BCUT2D eigenvalue weighted by Crippen LogP contribution is -2.41. The third-order valence-corrected chi connectivity index (χ3v) is 7.14. The zero-order valence-electron chi connectivity index (χ0n) is 16.5. The molecule has 0 saturated carbocycles. The van der Waals surface area contributed by atoms with Crippen LogP contribution in [-0.4, -0.2) is 21.5 Å². The minimum Gasteiger partial charge on any atom is -0.592 e. The normalized spacial score (nSPS) is 17.4. The quantitative estimate of drug-likeness (QED) is 0.496. The number of anilines is 1. The van der Waals surface area contributed by atoms with E-state index in [1.165, 1.54) is 18.2 Å². The molecule has 1 aliphatic rings. The maximum atomic E-state index is 13.1. The predicted octanol–water partition coefficient (Wildman–Crippen LogP) is 4.95. The van der Waals surface area contributed by atoms with E-state index in [2.05, 4.69) is 10.0 Å². The standard InChI is InChI=1S/C23H17Cl2FN2O3S/c24-18-7-3-14(9-19(18)25)10-21-22(29)17-11-15(4-8-20(17)28-32(21)31)23(30)27-12-13-1-5-16(26)6-2-13/h1-9,11,21,28H,10,12H2,(H,27,30). The second-order valence-corrected chi connectivity index (χ2v) is 9.46. The lowest BCUT2D eigenvalue weighted by Gasteiger charge is -2.27. The number of carbonyl (C=O) groups is 2. The zero-order chi connectivity index (χ0) is 22.8. The fourth-order valence-corrected chi connectivity index (χ4v) is 4.89. The average molecular weight is 491 g/mol. The second-order valence-electron chi connectivity index (χ2n) is 7.27. The van der Waals surface area contributed by atoms with Gasteiger partial charge in [-0.05, 0) is 53.6 Å². The Morgan fingerprint density at radius 3 is 2.47 bits per heavy atom. The molecule has 0 saturated heterocycles. The van der Waals surface area contributed by atoms with Crippen LogP contribution in [0.2, 0.25) is 10.0 Å². The average Bonchev–Trinajstić information content (AvgIpc) is 2.78. The van der Waals surface area contributed by atoms with Crippen molar-refractivity contribution in [3.63, 3.8) is 0 Å². The summed E-state index contributed by atoms with van der Waals surface area (Å²) in [7, 11) is 0. The Morgan fingerprint density at radius 1 is 1.03 bits per heavy atom. The minimum absolute atomic E-state index is 0.204. The molecule has 164 valence electrons. The largest absolute Gasteiger partial charge is 0.592 e. The van der Waals surface area contributed by atoms with Crippen LogP contribution in [0.15, 0.2) is 60.7 Å². The van der Waals surface area contributed by atoms with Crippen LogP contribution in [-0.2, 0) is 24.3 Å². The van der Waals surface area contributed by atoms with Crippen molar-refractivity contribution in [3.05, 3.63) is 98.8 Å². The van der Waals surface area contributed by atoms with Crippen molar-refractivity contribution < 1.29 is 18.5 Å². The number of carbonyl (C=O) groups excluding carboxylic acids is 2. The van der Waals surface area contributed by atoms with Crippen molar-refractivity contribution in [2.75, 3.05) is 4.72 Å². The molecule has 2 unspecified atom stereocenters. The molecule has 1 aliphatic heterocycles. The van der Waals surface area contributed by atoms with Gasteiger partial charge < -0.3 is 9.87 Å². The smallest absolute Gasteiger partial charge is 0.251 e. The van der Waals surface area contributed by atoms with Gasteiger partial charge in [0.1, 0.15) is 5.82 Å². The highest BCUT2D eigenvalue weighted by atomic mass is 35.5. The van der Waals surface area contributed by atoms with Crippen LogP contribution in [0, 0.1) is 5.82 Å². The van der Waals surface area contributed by atoms with E-state index in [0.29, 0.717) is 26.9 Å². The highest BCUT2D eigenvalue weighted by molar-refractivity contribution is 7.94. The van der Waals surface area contributed by atoms with Crippen molar-refractivity contribution in [2.45, 2.75) is 18.2 Å². The Balaban J connectivity index is 1.51. The van der Waals surface area contributed by atoms with Crippen molar-refractivity contribution >= 4 is 51.9 Å². The molecule has 32 heavy (non-hydrogen) atoms. The summed E-state index contributed by atoms with van der Waals surface area (Å²) in [5.41, 5.74) is 2.47. The van der Waals surface area contributed by atoms with Crippen LogP contribution in [0.25, 0.3) is 0 Å². The summed E-state index contributed by atoms with van der Waals surface area (Å²) >= 11 is 10.4. The molecule has 0 bridgehead atoms. The fourth-order valence-electron chi connectivity index (χ4n) is 3.36. The molecule has 0 aliphatic carbocycles. The molecule has 9 heteroatoms.